The van der Waals surface area contributed by atoms with Crippen molar-refractivity contribution >= 4 is 22.2 Å². The van der Waals surface area contributed by atoms with E-state index in [4.69, 9.17) is 0 Å². The normalized spacial score (nSPS) is 13.3. The Labute approximate surface area is 204 Å². The molecule has 4 rings (SSSR count). The number of aromatic nitrogens is 5. The fraction of sp³-hybridized carbons (Fsp3) is 0.462. The zero-order valence-electron chi connectivity index (χ0n) is 20.9. The van der Waals surface area contributed by atoms with E-state index < -0.39 is 0 Å². The van der Waals surface area contributed by atoms with Crippen molar-refractivity contribution in [3.05, 3.63) is 74.0 Å². The zero-order valence-corrected chi connectivity index (χ0v) is 21.7. The molecule has 8 heteroatoms. The molecule has 0 aliphatic heterocycles. The second kappa shape index (κ2) is 9.80. The third-order valence-electron chi connectivity index (χ3n) is 6.61. The molecule has 1 unspecified atom stereocenters. The number of benzene rings is 1. The summed E-state index contributed by atoms with van der Waals surface area (Å²) in [5, 5.41) is 16.1. The third-order valence-corrected chi connectivity index (χ3v) is 7.47. The van der Waals surface area contributed by atoms with Gasteiger partial charge in [-0.05, 0) is 78.1 Å². The number of nitrogens with one attached hydrogen (secondary N) is 1. The molecule has 0 spiro atoms. The van der Waals surface area contributed by atoms with Gasteiger partial charge in [0.15, 0.2) is 5.82 Å². The van der Waals surface area contributed by atoms with Gasteiger partial charge in [-0.2, -0.15) is 0 Å². The van der Waals surface area contributed by atoms with Gasteiger partial charge in [-0.25, -0.2) is 4.68 Å². The molecule has 1 N–H and O–H groups in total. The summed E-state index contributed by atoms with van der Waals surface area (Å²) < 4.78 is 1.96. The molecule has 4 aromatic rings. The van der Waals surface area contributed by atoms with Crippen LogP contribution in [0.1, 0.15) is 68.9 Å². The summed E-state index contributed by atoms with van der Waals surface area (Å²) in [4.78, 5) is 19.8. The number of H-pyrrole nitrogens is 1. The maximum Gasteiger partial charge on any atom is 0.252 e. The van der Waals surface area contributed by atoms with Crippen molar-refractivity contribution in [3.63, 3.8) is 0 Å². The lowest BCUT2D eigenvalue weighted by Crippen LogP contribution is -2.38. The van der Waals surface area contributed by atoms with Gasteiger partial charge in [0.05, 0.1) is 11.6 Å². The van der Waals surface area contributed by atoms with E-state index in [1.54, 1.807) is 11.3 Å². The Bertz CT molecular complexity index is 1300. The summed E-state index contributed by atoms with van der Waals surface area (Å²) in [6.45, 7) is 14.1. The first-order valence-electron chi connectivity index (χ1n) is 11.9. The highest BCUT2D eigenvalue weighted by atomic mass is 32.1. The molecular formula is C26H34N6OS. The van der Waals surface area contributed by atoms with E-state index in [1.807, 2.05) is 23.7 Å². The van der Waals surface area contributed by atoms with Crippen molar-refractivity contribution in [3.8, 4) is 0 Å². The van der Waals surface area contributed by atoms with Gasteiger partial charge in [0, 0.05) is 29.0 Å². The molecule has 180 valence electrons. The largest absolute Gasteiger partial charge is 0.322 e. The van der Waals surface area contributed by atoms with Gasteiger partial charge >= 0.3 is 0 Å². The zero-order chi connectivity index (χ0) is 24.5. The first-order valence-corrected chi connectivity index (χ1v) is 12.8. The Morgan fingerprint density at radius 3 is 2.65 bits per heavy atom. The van der Waals surface area contributed by atoms with Gasteiger partial charge in [-0.3, -0.25) is 9.69 Å². The van der Waals surface area contributed by atoms with E-state index in [2.05, 4.69) is 89.7 Å². The lowest BCUT2D eigenvalue weighted by Gasteiger charge is -2.35. The number of rotatable bonds is 9. The SMILES string of the molecule is CCC(C)(C)n1nnnc1C(C(C)C)N(Cc1cccs1)Cc1cc2ccc(C)cc2[nH]c1=O. The summed E-state index contributed by atoms with van der Waals surface area (Å²) in [5.41, 5.74) is 2.48. The van der Waals surface area contributed by atoms with Crippen LogP contribution in [0.25, 0.3) is 10.9 Å². The molecule has 0 aliphatic carbocycles. The van der Waals surface area contributed by atoms with Crippen LogP contribution < -0.4 is 5.56 Å². The number of hydrogen-bond donors (Lipinski definition) is 1. The van der Waals surface area contributed by atoms with Crippen molar-refractivity contribution in [1.29, 1.82) is 0 Å². The van der Waals surface area contributed by atoms with Crippen LogP contribution in [0.15, 0.2) is 46.6 Å². The van der Waals surface area contributed by atoms with Crippen LogP contribution >= 0.6 is 11.3 Å². The average molecular weight is 479 g/mol. The molecule has 1 atom stereocenters. The lowest BCUT2D eigenvalue weighted by molar-refractivity contribution is 0.119. The molecule has 7 nitrogen and oxygen atoms in total. The number of hydrogen-bond acceptors (Lipinski definition) is 6. The Morgan fingerprint density at radius 2 is 1.97 bits per heavy atom. The summed E-state index contributed by atoms with van der Waals surface area (Å²) in [6, 6.07) is 12.3. The van der Waals surface area contributed by atoms with Crippen LogP contribution in [0, 0.1) is 12.8 Å². The number of aryl methyl sites for hydroxylation is 1. The van der Waals surface area contributed by atoms with Gasteiger partial charge in [0.1, 0.15) is 0 Å². The van der Waals surface area contributed by atoms with Crippen LogP contribution in [-0.2, 0) is 18.6 Å². The Kier molecular flexibility index (Phi) is 7.00. The van der Waals surface area contributed by atoms with E-state index >= 15 is 0 Å². The molecule has 34 heavy (non-hydrogen) atoms. The molecule has 3 aromatic heterocycles. The van der Waals surface area contributed by atoms with E-state index in [1.165, 1.54) is 4.88 Å². The highest BCUT2D eigenvalue weighted by Crippen LogP contribution is 2.33. The van der Waals surface area contributed by atoms with Crippen molar-refractivity contribution in [2.24, 2.45) is 5.92 Å². The quantitative estimate of drug-likeness (QED) is 0.347. The number of nitrogens with zero attached hydrogens (tertiary/aromatic N) is 5. The van der Waals surface area contributed by atoms with E-state index in [0.717, 1.165) is 34.3 Å². The molecule has 0 bridgehead atoms. The highest BCUT2D eigenvalue weighted by Gasteiger charge is 2.34. The molecule has 1 aromatic carbocycles. The van der Waals surface area contributed by atoms with Crippen molar-refractivity contribution in [1.82, 2.24) is 30.1 Å². The molecule has 3 heterocycles. The maximum atomic E-state index is 13.1. The number of aromatic amines is 1. The van der Waals surface area contributed by atoms with Crippen molar-refractivity contribution in [2.75, 3.05) is 0 Å². The van der Waals surface area contributed by atoms with Crippen LogP contribution in [0.3, 0.4) is 0 Å². The topological polar surface area (TPSA) is 79.7 Å². The monoisotopic (exact) mass is 478 g/mol. The number of thiophene rings is 1. The minimum atomic E-state index is -0.209. The van der Waals surface area contributed by atoms with Gasteiger partial charge in [0.2, 0.25) is 0 Å². The molecular weight excluding hydrogens is 444 g/mol. The highest BCUT2D eigenvalue weighted by molar-refractivity contribution is 7.09. The van der Waals surface area contributed by atoms with Gasteiger partial charge in [-0.1, -0.05) is 39.0 Å². The predicted octanol–water partition coefficient (Wildman–Crippen LogP) is 5.43. The Morgan fingerprint density at radius 1 is 1.18 bits per heavy atom. The van der Waals surface area contributed by atoms with Crippen LogP contribution in [0.2, 0.25) is 0 Å². The van der Waals surface area contributed by atoms with Crippen LogP contribution in [-0.4, -0.2) is 30.1 Å². The third kappa shape index (κ3) is 4.98. The van der Waals surface area contributed by atoms with Crippen LogP contribution in [0.4, 0.5) is 0 Å². The van der Waals surface area contributed by atoms with Crippen molar-refractivity contribution < 1.29 is 0 Å². The first-order chi connectivity index (χ1) is 16.2. The molecule has 0 aliphatic rings. The summed E-state index contributed by atoms with van der Waals surface area (Å²) >= 11 is 1.72. The maximum absolute atomic E-state index is 13.1. The number of fused-ring (bicyclic) bond motifs is 1. The Hall–Kier alpha value is -2.84. The predicted molar refractivity (Wildman–Crippen MR) is 138 cm³/mol. The van der Waals surface area contributed by atoms with Crippen molar-refractivity contribution in [2.45, 2.75) is 72.6 Å². The minimum Gasteiger partial charge on any atom is -0.322 e. The second-order valence-electron chi connectivity index (χ2n) is 10.0. The number of tetrazole rings is 1. The fourth-order valence-corrected chi connectivity index (χ4v) is 5.12. The van der Waals surface area contributed by atoms with Gasteiger partial charge < -0.3 is 4.98 Å². The van der Waals surface area contributed by atoms with Gasteiger partial charge in [0.25, 0.3) is 5.56 Å². The summed E-state index contributed by atoms with van der Waals surface area (Å²) in [7, 11) is 0. The first kappa shape index (κ1) is 24.3. The number of pyridine rings is 1. The minimum absolute atomic E-state index is 0.0507. The average Bonchev–Trinajstić information content (AvgIpc) is 3.47. The molecule has 0 radical (unpaired) electrons. The van der Waals surface area contributed by atoms with E-state index in [0.29, 0.717) is 13.1 Å². The summed E-state index contributed by atoms with van der Waals surface area (Å²) in [6.07, 6.45) is 0.907. The van der Waals surface area contributed by atoms with Gasteiger partial charge in [-0.15, -0.1) is 16.4 Å². The van der Waals surface area contributed by atoms with E-state index in [-0.39, 0.29) is 23.1 Å². The van der Waals surface area contributed by atoms with E-state index in [9.17, 15) is 4.79 Å². The molecule has 0 saturated heterocycles. The lowest BCUT2D eigenvalue weighted by atomic mass is 9.97. The molecule has 0 amide bonds. The van der Waals surface area contributed by atoms with Crippen LogP contribution in [0.5, 0.6) is 0 Å². The molecule has 0 saturated carbocycles. The fourth-order valence-electron chi connectivity index (χ4n) is 4.39. The Balaban J connectivity index is 1.79. The summed E-state index contributed by atoms with van der Waals surface area (Å²) in [5.74, 6) is 1.07. The standard InChI is InChI=1S/C26H34N6OS/c1-7-26(5,6)32-24(28-29-30-32)23(17(2)3)31(16-21-9-8-12-34-21)15-20-14-19-11-10-18(4)13-22(19)27-25(20)33/h8-14,17,23H,7,15-16H2,1-6H3,(H,27,33). The molecule has 0 fully saturated rings. The smallest absolute Gasteiger partial charge is 0.252 e. The second-order valence-corrected chi connectivity index (χ2v) is 11.0.